The topological polar surface area (TPSA) is 84.9 Å². The number of nitrogens with one attached hydrogen (secondary N) is 1. The molecular formula is C19H17ClN2O5. The van der Waals surface area contributed by atoms with Gasteiger partial charge in [-0.2, -0.15) is 0 Å². The van der Waals surface area contributed by atoms with Crippen molar-refractivity contribution in [2.24, 2.45) is 0 Å². The van der Waals surface area contributed by atoms with Crippen LogP contribution in [0.5, 0.6) is 5.75 Å². The maximum atomic E-state index is 12.1. The van der Waals surface area contributed by atoms with E-state index < -0.39 is 18.5 Å². The number of amides is 2. The summed E-state index contributed by atoms with van der Waals surface area (Å²) in [6.07, 6.45) is 0. The predicted octanol–water partition coefficient (Wildman–Crippen LogP) is 2.56. The molecule has 0 spiro atoms. The molecule has 0 saturated heterocycles. The summed E-state index contributed by atoms with van der Waals surface area (Å²) in [5.41, 5.74) is 1.75. The molecule has 0 saturated carbocycles. The zero-order valence-electron chi connectivity index (χ0n) is 14.5. The van der Waals surface area contributed by atoms with Gasteiger partial charge in [-0.1, -0.05) is 29.8 Å². The molecule has 2 aromatic carbocycles. The Morgan fingerprint density at radius 3 is 2.81 bits per heavy atom. The number of anilines is 2. The Bertz CT molecular complexity index is 899. The first-order valence-corrected chi connectivity index (χ1v) is 8.56. The quantitative estimate of drug-likeness (QED) is 0.796. The van der Waals surface area contributed by atoms with Crippen molar-refractivity contribution < 1.29 is 23.9 Å². The highest BCUT2D eigenvalue weighted by atomic mass is 35.5. The van der Waals surface area contributed by atoms with E-state index in [-0.39, 0.29) is 19.1 Å². The van der Waals surface area contributed by atoms with Crippen molar-refractivity contribution in [3.05, 3.63) is 53.1 Å². The highest BCUT2D eigenvalue weighted by Crippen LogP contribution is 2.31. The number of halogens is 1. The van der Waals surface area contributed by atoms with Gasteiger partial charge in [-0.25, -0.2) is 0 Å². The standard InChI is InChI=1S/C19H17ClN2O5/c1-12-13(20)5-4-6-14(12)21-17(23)10-27-19(25)9-22-15-7-2-3-8-16(15)26-11-18(22)24/h2-8H,9-11H2,1H3,(H,21,23). The maximum Gasteiger partial charge on any atom is 0.326 e. The monoisotopic (exact) mass is 388 g/mol. The van der Waals surface area contributed by atoms with Crippen LogP contribution in [-0.2, 0) is 19.1 Å². The molecule has 1 aliphatic heterocycles. The SMILES string of the molecule is Cc1c(Cl)cccc1NC(=O)COC(=O)CN1C(=O)COc2ccccc21. The summed E-state index contributed by atoms with van der Waals surface area (Å²) in [6.45, 7) is 0.845. The molecule has 0 atom stereocenters. The van der Waals surface area contributed by atoms with Gasteiger partial charge in [0.2, 0.25) is 0 Å². The summed E-state index contributed by atoms with van der Waals surface area (Å²) in [4.78, 5) is 37.4. The van der Waals surface area contributed by atoms with Crippen LogP contribution in [0.15, 0.2) is 42.5 Å². The average molecular weight is 389 g/mol. The first-order valence-electron chi connectivity index (χ1n) is 8.18. The Kier molecular flexibility index (Phi) is 5.61. The summed E-state index contributed by atoms with van der Waals surface area (Å²) >= 11 is 6.00. The predicted molar refractivity (Wildman–Crippen MR) is 100 cm³/mol. The Morgan fingerprint density at radius 2 is 2.00 bits per heavy atom. The number of hydrogen-bond donors (Lipinski definition) is 1. The lowest BCUT2D eigenvalue weighted by Gasteiger charge is -2.28. The smallest absolute Gasteiger partial charge is 0.326 e. The average Bonchev–Trinajstić information content (AvgIpc) is 2.66. The molecule has 0 fully saturated rings. The molecule has 1 aliphatic rings. The molecule has 0 aromatic heterocycles. The van der Waals surface area contributed by atoms with E-state index in [2.05, 4.69) is 5.32 Å². The van der Waals surface area contributed by atoms with Gasteiger partial charge < -0.3 is 14.8 Å². The minimum Gasteiger partial charge on any atom is -0.482 e. The van der Waals surface area contributed by atoms with Gasteiger partial charge in [-0.3, -0.25) is 19.3 Å². The molecule has 7 nitrogen and oxygen atoms in total. The van der Waals surface area contributed by atoms with Crippen LogP contribution in [0.2, 0.25) is 5.02 Å². The second-order valence-corrected chi connectivity index (χ2v) is 6.26. The number of benzene rings is 2. The fraction of sp³-hybridized carbons (Fsp3) is 0.211. The number of nitrogens with zero attached hydrogens (tertiary/aromatic N) is 1. The Hall–Kier alpha value is -3.06. The van der Waals surface area contributed by atoms with Gasteiger partial charge >= 0.3 is 5.97 Å². The van der Waals surface area contributed by atoms with E-state index in [1.54, 1.807) is 49.4 Å². The molecule has 8 heteroatoms. The first-order chi connectivity index (χ1) is 13.0. The van der Waals surface area contributed by atoms with Crippen LogP contribution in [-0.4, -0.2) is 37.5 Å². The van der Waals surface area contributed by atoms with Gasteiger partial charge in [-0.05, 0) is 36.8 Å². The van der Waals surface area contributed by atoms with Crippen molar-refractivity contribution in [2.75, 3.05) is 30.0 Å². The molecular weight excluding hydrogens is 372 g/mol. The van der Waals surface area contributed by atoms with Crippen molar-refractivity contribution in [3.63, 3.8) is 0 Å². The lowest BCUT2D eigenvalue weighted by Crippen LogP contribution is -2.42. The fourth-order valence-electron chi connectivity index (χ4n) is 2.58. The highest BCUT2D eigenvalue weighted by molar-refractivity contribution is 6.31. The summed E-state index contributed by atoms with van der Waals surface area (Å²) in [6, 6.07) is 12.0. The molecule has 3 rings (SSSR count). The maximum absolute atomic E-state index is 12.1. The molecule has 1 N–H and O–H groups in total. The second kappa shape index (κ2) is 8.09. The zero-order valence-corrected chi connectivity index (χ0v) is 15.3. The highest BCUT2D eigenvalue weighted by Gasteiger charge is 2.27. The Morgan fingerprint density at radius 1 is 1.22 bits per heavy atom. The number of carbonyl (C=O) groups is 3. The van der Waals surface area contributed by atoms with Crippen LogP contribution in [0.4, 0.5) is 11.4 Å². The van der Waals surface area contributed by atoms with Crippen molar-refractivity contribution in [1.82, 2.24) is 0 Å². The number of hydrogen-bond acceptors (Lipinski definition) is 5. The molecule has 0 unspecified atom stereocenters. The van der Waals surface area contributed by atoms with E-state index in [4.69, 9.17) is 21.1 Å². The molecule has 0 bridgehead atoms. The van der Waals surface area contributed by atoms with Crippen molar-refractivity contribution in [1.29, 1.82) is 0 Å². The van der Waals surface area contributed by atoms with Gasteiger partial charge in [0.05, 0.1) is 5.69 Å². The summed E-state index contributed by atoms with van der Waals surface area (Å²) < 4.78 is 10.3. The molecule has 0 aliphatic carbocycles. The normalized spacial score (nSPS) is 12.8. The summed E-state index contributed by atoms with van der Waals surface area (Å²) in [5, 5.41) is 3.16. The van der Waals surface area contributed by atoms with Crippen LogP contribution in [0.25, 0.3) is 0 Å². The van der Waals surface area contributed by atoms with E-state index in [1.807, 2.05) is 0 Å². The third-order valence-electron chi connectivity index (χ3n) is 4.00. The number of carbonyl (C=O) groups excluding carboxylic acids is 3. The number of ether oxygens (including phenoxy) is 2. The largest absolute Gasteiger partial charge is 0.482 e. The van der Waals surface area contributed by atoms with Gasteiger partial charge in [0.25, 0.3) is 11.8 Å². The van der Waals surface area contributed by atoms with Gasteiger partial charge in [0, 0.05) is 10.7 Å². The van der Waals surface area contributed by atoms with Gasteiger partial charge in [0.15, 0.2) is 13.2 Å². The van der Waals surface area contributed by atoms with E-state index in [9.17, 15) is 14.4 Å². The van der Waals surface area contributed by atoms with Gasteiger partial charge in [0.1, 0.15) is 12.3 Å². The number of fused-ring (bicyclic) bond motifs is 1. The van der Waals surface area contributed by atoms with Crippen LogP contribution < -0.4 is 15.0 Å². The number of rotatable bonds is 5. The second-order valence-electron chi connectivity index (χ2n) is 5.86. The van der Waals surface area contributed by atoms with Crippen molar-refractivity contribution in [3.8, 4) is 5.75 Å². The third-order valence-corrected chi connectivity index (χ3v) is 4.41. The number of esters is 1. The molecule has 1 heterocycles. The van der Waals surface area contributed by atoms with Crippen LogP contribution in [0, 0.1) is 6.92 Å². The minimum atomic E-state index is -0.696. The Balaban J connectivity index is 1.56. The fourth-order valence-corrected chi connectivity index (χ4v) is 2.75. The van der Waals surface area contributed by atoms with Crippen LogP contribution >= 0.6 is 11.6 Å². The molecule has 2 amide bonds. The Labute approximate surface area is 160 Å². The molecule has 140 valence electrons. The van der Waals surface area contributed by atoms with E-state index in [1.165, 1.54) is 4.90 Å². The van der Waals surface area contributed by atoms with E-state index >= 15 is 0 Å². The van der Waals surface area contributed by atoms with Crippen molar-refractivity contribution >= 4 is 40.8 Å². The van der Waals surface area contributed by atoms with Crippen molar-refractivity contribution in [2.45, 2.75) is 6.92 Å². The molecule has 27 heavy (non-hydrogen) atoms. The number of para-hydroxylation sites is 2. The van der Waals surface area contributed by atoms with E-state index in [0.29, 0.717) is 22.1 Å². The first kappa shape index (κ1) is 18.7. The van der Waals surface area contributed by atoms with Gasteiger partial charge in [-0.15, -0.1) is 0 Å². The molecule has 0 radical (unpaired) electrons. The van der Waals surface area contributed by atoms with Crippen LogP contribution in [0.3, 0.4) is 0 Å². The van der Waals surface area contributed by atoms with Crippen LogP contribution in [0.1, 0.15) is 5.56 Å². The lowest BCUT2D eigenvalue weighted by molar-refractivity contribution is -0.146. The minimum absolute atomic E-state index is 0.154. The molecule has 2 aromatic rings. The summed E-state index contributed by atoms with van der Waals surface area (Å²) in [5.74, 6) is -1.04. The van der Waals surface area contributed by atoms with E-state index in [0.717, 1.165) is 5.56 Å². The third kappa shape index (κ3) is 4.38. The lowest BCUT2D eigenvalue weighted by atomic mass is 10.2. The summed E-state index contributed by atoms with van der Waals surface area (Å²) in [7, 11) is 0. The zero-order chi connectivity index (χ0) is 19.4.